The molecule has 1 fully saturated rings. The SMILES string of the molecule is C[C@H]1CCCC[C@@H]1NC(=O)/C(C#N)=C/c1ccccc1OCC(=O)O. The van der Waals surface area contributed by atoms with Crippen molar-refractivity contribution in [3.05, 3.63) is 35.4 Å². The number of hydrogen-bond donors (Lipinski definition) is 2. The molecule has 0 heterocycles. The van der Waals surface area contributed by atoms with Crippen LogP contribution in [0.15, 0.2) is 29.8 Å². The predicted octanol–water partition coefficient (Wildman–Crippen LogP) is 2.75. The van der Waals surface area contributed by atoms with Crippen LogP contribution in [0.5, 0.6) is 5.75 Å². The van der Waals surface area contributed by atoms with E-state index in [0.29, 0.717) is 17.2 Å². The molecule has 2 rings (SSSR count). The molecule has 0 saturated heterocycles. The van der Waals surface area contributed by atoms with Gasteiger partial charge in [-0.3, -0.25) is 4.79 Å². The fourth-order valence-corrected chi connectivity index (χ4v) is 2.95. The zero-order valence-corrected chi connectivity index (χ0v) is 14.2. The van der Waals surface area contributed by atoms with Gasteiger partial charge in [-0.05, 0) is 30.9 Å². The molecule has 6 nitrogen and oxygen atoms in total. The number of nitrogens with one attached hydrogen (secondary N) is 1. The number of benzene rings is 1. The molecular formula is C19H22N2O4. The highest BCUT2D eigenvalue weighted by atomic mass is 16.5. The predicted molar refractivity (Wildman–Crippen MR) is 92.7 cm³/mol. The molecule has 0 aromatic heterocycles. The molecule has 1 aliphatic rings. The van der Waals surface area contributed by atoms with Crippen LogP contribution in [-0.4, -0.2) is 29.6 Å². The maximum absolute atomic E-state index is 12.4. The van der Waals surface area contributed by atoms with Crippen LogP contribution >= 0.6 is 0 Å². The van der Waals surface area contributed by atoms with Crippen LogP contribution in [0.3, 0.4) is 0 Å². The van der Waals surface area contributed by atoms with E-state index >= 15 is 0 Å². The molecule has 0 aliphatic heterocycles. The van der Waals surface area contributed by atoms with E-state index in [-0.39, 0.29) is 11.6 Å². The number of amides is 1. The monoisotopic (exact) mass is 342 g/mol. The lowest BCUT2D eigenvalue weighted by atomic mass is 9.86. The molecule has 0 unspecified atom stereocenters. The average molecular weight is 342 g/mol. The molecule has 0 bridgehead atoms. The normalized spacial score (nSPS) is 20.4. The molecule has 6 heteroatoms. The lowest BCUT2D eigenvalue weighted by molar-refractivity contribution is -0.139. The molecule has 1 aliphatic carbocycles. The van der Waals surface area contributed by atoms with Gasteiger partial charge in [0.15, 0.2) is 6.61 Å². The summed E-state index contributed by atoms with van der Waals surface area (Å²) in [7, 11) is 0. The standard InChI is InChI=1S/C19H22N2O4/c1-13-6-2-4-8-16(13)21-19(24)15(11-20)10-14-7-3-5-9-17(14)25-12-18(22)23/h3,5,7,9-10,13,16H,2,4,6,8,12H2,1H3,(H,21,24)(H,22,23)/b15-10+/t13-,16-/m0/s1. The minimum absolute atomic E-state index is 0.0239. The van der Waals surface area contributed by atoms with E-state index in [1.165, 1.54) is 12.5 Å². The Hall–Kier alpha value is -2.81. The zero-order chi connectivity index (χ0) is 18.2. The molecule has 2 N–H and O–H groups in total. The first-order valence-corrected chi connectivity index (χ1v) is 8.37. The second-order valence-electron chi connectivity index (χ2n) is 6.23. The molecule has 0 spiro atoms. The third kappa shape index (κ3) is 5.35. The quantitative estimate of drug-likeness (QED) is 0.612. The van der Waals surface area contributed by atoms with Crippen molar-refractivity contribution < 1.29 is 19.4 Å². The number of carbonyl (C=O) groups excluding carboxylic acids is 1. The van der Waals surface area contributed by atoms with E-state index in [0.717, 1.165) is 19.3 Å². The van der Waals surface area contributed by atoms with Crippen LogP contribution in [0.25, 0.3) is 6.08 Å². The Morgan fingerprint density at radius 1 is 1.36 bits per heavy atom. The fraction of sp³-hybridized carbons (Fsp3) is 0.421. The number of para-hydroxylation sites is 1. The smallest absolute Gasteiger partial charge is 0.341 e. The van der Waals surface area contributed by atoms with E-state index in [4.69, 9.17) is 9.84 Å². The van der Waals surface area contributed by atoms with Crippen molar-refractivity contribution >= 4 is 18.0 Å². The van der Waals surface area contributed by atoms with Crippen molar-refractivity contribution in [2.75, 3.05) is 6.61 Å². The van der Waals surface area contributed by atoms with Crippen LogP contribution in [0.1, 0.15) is 38.2 Å². The van der Waals surface area contributed by atoms with E-state index in [9.17, 15) is 14.9 Å². The van der Waals surface area contributed by atoms with Crippen molar-refractivity contribution in [1.82, 2.24) is 5.32 Å². The van der Waals surface area contributed by atoms with Crippen molar-refractivity contribution in [2.24, 2.45) is 5.92 Å². The maximum atomic E-state index is 12.4. The van der Waals surface area contributed by atoms with Crippen LogP contribution in [-0.2, 0) is 9.59 Å². The van der Waals surface area contributed by atoms with Gasteiger partial charge in [0.2, 0.25) is 0 Å². The van der Waals surface area contributed by atoms with Crippen molar-refractivity contribution in [2.45, 2.75) is 38.6 Å². The molecule has 1 amide bonds. The minimum Gasteiger partial charge on any atom is -0.481 e. The van der Waals surface area contributed by atoms with E-state index in [1.54, 1.807) is 24.3 Å². The summed E-state index contributed by atoms with van der Waals surface area (Å²) >= 11 is 0. The Morgan fingerprint density at radius 2 is 2.08 bits per heavy atom. The second-order valence-corrected chi connectivity index (χ2v) is 6.23. The summed E-state index contributed by atoms with van der Waals surface area (Å²) in [6.07, 6.45) is 5.67. The molecule has 1 aromatic rings. The Balaban J connectivity index is 2.15. The largest absolute Gasteiger partial charge is 0.481 e. The first-order valence-electron chi connectivity index (χ1n) is 8.37. The van der Waals surface area contributed by atoms with Gasteiger partial charge < -0.3 is 15.2 Å². The summed E-state index contributed by atoms with van der Waals surface area (Å²) in [5.41, 5.74) is 0.469. The lowest BCUT2D eigenvalue weighted by Gasteiger charge is -2.29. The van der Waals surface area contributed by atoms with Gasteiger partial charge in [-0.25, -0.2) is 4.79 Å². The number of carboxylic acid groups (broad SMARTS) is 1. The minimum atomic E-state index is -1.09. The van der Waals surface area contributed by atoms with Crippen molar-refractivity contribution in [1.29, 1.82) is 5.26 Å². The van der Waals surface area contributed by atoms with Gasteiger partial charge in [0.05, 0.1) is 0 Å². The van der Waals surface area contributed by atoms with E-state index < -0.39 is 18.5 Å². The number of rotatable bonds is 6. The topological polar surface area (TPSA) is 99.4 Å². The third-order valence-electron chi connectivity index (χ3n) is 4.36. The first kappa shape index (κ1) is 18.5. The number of nitrogens with zero attached hydrogens (tertiary/aromatic N) is 1. The van der Waals surface area contributed by atoms with Gasteiger partial charge in [-0.1, -0.05) is 38.0 Å². The van der Waals surface area contributed by atoms with Gasteiger partial charge in [0, 0.05) is 11.6 Å². The Kier molecular flexibility index (Phi) is 6.58. The van der Waals surface area contributed by atoms with Gasteiger partial charge in [-0.15, -0.1) is 0 Å². The van der Waals surface area contributed by atoms with Crippen LogP contribution < -0.4 is 10.1 Å². The van der Waals surface area contributed by atoms with Crippen molar-refractivity contribution in [3.8, 4) is 11.8 Å². The number of hydrogen-bond acceptors (Lipinski definition) is 4. The lowest BCUT2D eigenvalue weighted by Crippen LogP contribution is -2.41. The maximum Gasteiger partial charge on any atom is 0.341 e. The van der Waals surface area contributed by atoms with Gasteiger partial charge in [-0.2, -0.15) is 5.26 Å². The van der Waals surface area contributed by atoms with E-state index in [2.05, 4.69) is 12.2 Å². The first-order chi connectivity index (χ1) is 12.0. The summed E-state index contributed by atoms with van der Waals surface area (Å²) < 4.78 is 5.21. The summed E-state index contributed by atoms with van der Waals surface area (Å²) in [4.78, 5) is 23.1. The number of ether oxygens (including phenoxy) is 1. The summed E-state index contributed by atoms with van der Waals surface area (Å²) in [6.45, 7) is 1.62. The fourth-order valence-electron chi connectivity index (χ4n) is 2.95. The van der Waals surface area contributed by atoms with Crippen LogP contribution in [0, 0.1) is 17.2 Å². The van der Waals surface area contributed by atoms with Crippen LogP contribution in [0.2, 0.25) is 0 Å². The molecule has 132 valence electrons. The van der Waals surface area contributed by atoms with Gasteiger partial charge in [0.1, 0.15) is 17.4 Å². The van der Waals surface area contributed by atoms with Gasteiger partial charge >= 0.3 is 5.97 Å². The summed E-state index contributed by atoms with van der Waals surface area (Å²) in [6, 6.07) is 8.71. The van der Waals surface area contributed by atoms with Gasteiger partial charge in [0.25, 0.3) is 5.91 Å². The third-order valence-corrected chi connectivity index (χ3v) is 4.36. The van der Waals surface area contributed by atoms with Crippen molar-refractivity contribution in [3.63, 3.8) is 0 Å². The zero-order valence-electron chi connectivity index (χ0n) is 14.2. The highest BCUT2D eigenvalue weighted by molar-refractivity contribution is 6.02. The van der Waals surface area contributed by atoms with Crippen LogP contribution in [0.4, 0.5) is 0 Å². The Morgan fingerprint density at radius 3 is 2.76 bits per heavy atom. The number of carboxylic acids is 1. The molecule has 1 saturated carbocycles. The molecule has 1 aromatic carbocycles. The average Bonchev–Trinajstić information content (AvgIpc) is 2.60. The molecule has 25 heavy (non-hydrogen) atoms. The highest BCUT2D eigenvalue weighted by Crippen LogP contribution is 2.25. The molecule has 0 radical (unpaired) electrons. The Labute approximate surface area is 147 Å². The molecular weight excluding hydrogens is 320 g/mol. The second kappa shape index (κ2) is 8.88. The number of nitriles is 1. The summed E-state index contributed by atoms with van der Waals surface area (Å²) in [5, 5.41) is 21.0. The van der Waals surface area contributed by atoms with E-state index in [1.807, 2.05) is 6.07 Å². The summed E-state index contributed by atoms with van der Waals surface area (Å²) in [5.74, 6) is -0.794. The Bertz CT molecular complexity index is 706. The number of carbonyl (C=O) groups is 2. The molecule has 2 atom stereocenters. The number of aliphatic carboxylic acids is 1. The highest BCUT2D eigenvalue weighted by Gasteiger charge is 2.24.